The van der Waals surface area contributed by atoms with Gasteiger partial charge >= 0.3 is 0 Å². The maximum absolute atomic E-state index is 15.2. The van der Waals surface area contributed by atoms with E-state index in [-0.39, 0.29) is 264 Å². The van der Waals surface area contributed by atoms with Crippen LogP contribution in [-0.4, -0.2) is 171 Å². The van der Waals surface area contributed by atoms with Crippen molar-refractivity contribution in [1.29, 1.82) is 0 Å². The van der Waals surface area contributed by atoms with Crippen LogP contribution in [0, 0.1) is 59.2 Å². The van der Waals surface area contributed by atoms with Gasteiger partial charge in [-0.1, -0.05) is 86.5 Å². The molecule has 1 amide bonds. The Morgan fingerprint density at radius 2 is 0.457 bits per heavy atom. The average Bonchev–Trinajstić information content (AvgIpc) is 0.804. The van der Waals surface area contributed by atoms with Crippen molar-refractivity contribution in [3.05, 3.63) is 0 Å². The predicted molar refractivity (Wildman–Crippen MR) is 469 cm³/mol. The molecular weight excluding hydrogens is 1490 g/mol. The maximum Gasteiger partial charge on any atom is 0.220 e. The monoisotopic (exact) mass is 1640 g/mol. The fourth-order valence-corrected chi connectivity index (χ4v) is 13.6. The standard InChI is InChI=1S/C71H136N28O9.C8H18/c1-4-5-6-7-26-62(108)99-53(25-16-35-98-71(88)89)61(107)43-52(24-15-34-97-70(86)87)60(106)42-51(23-14-33-96-69(84)85)59(105)41-50(22-13-32-95-68(82)83)58(104)40-49(21-12-31-94-67(80)81)57(103)39-48(20-11-30-93-66(78)79)56(102)38-47(19-10-29-92-65(76)77)55(101)37-46(18-9-28-91-64(74)75)54(100)36-45(44(2)3)17-8-27-90-63(72)73;1-4-5-6-7-8(2)3/h44-53H,4-43H2,1-3H3,(H,99,108)(H4,72,73,90)(H4,74,75,91)(H4,76,77,92)(H4,78,79,93)(H4,80,81,94)(H4,82,83,95)(H4,84,85,96)(H4,86,87,97)(H4,88,89,98);8H,4-7H2,1-3H3/t45-,46+,47+,48+,49+,50+,51+,52+,53+;/m1./s1. The first kappa shape index (κ1) is 108. The molecule has 37 nitrogen and oxygen atoms in total. The number of amides is 1. The van der Waals surface area contributed by atoms with Gasteiger partial charge < -0.3 is 109 Å². The topological polar surface area (TPSA) is 745 Å². The van der Waals surface area contributed by atoms with Crippen LogP contribution in [0.25, 0.3) is 0 Å². The Morgan fingerprint density at radius 3 is 0.681 bits per heavy atom. The number of hydrogen-bond acceptors (Lipinski definition) is 18. The number of nitrogens with one attached hydrogen (secondary N) is 1. The predicted octanol–water partition coefficient (Wildman–Crippen LogP) is 2.41. The number of carbonyl (C=O) groups is 9. The van der Waals surface area contributed by atoms with Gasteiger partial charge in [-0.25, -0.2) is 0 Å². The van der Waals surface area contributed by atoms with Crippen LogP contribution in [0.15, 0.2) is 44.9 Å². The Kier molecular flexibility index (Phi) is 62.0. The second kappa shape index (κ2) is 66.4. The molecule has 0 aliphatic rings. The van der Waals surface area contributed by atoms with Crippen molar-refractivity contribution in [1.82, 2.24) is 5.32 Å². The number of carbonyl (C=O) groups excluding carboxylic acids is 9. The van der Waals surface area contributed by atoms with Crippen molar-refractivity contribution in [2.45, 2.75) is 272 Å². The molecule has 37 N–H and O–H groups in total. The third-order valence-electron chi connectivity index (χ3n) is 20.1. The number of Topliss-reactive ketones (excluding diaryl/α,β-unsaturated/α-hetero) is 8. The smallest absolute Gasteiger partial charge is 0.220 e. The molecule has 0 rings (SSSR count). The van der Waals surface area contributed by atoms with E-state index in [0.717, 1.165) is 25.2 Å². The molecule has 0 radical (unpaired) electrons. The summed E-state index contributed by atoms with van der Waals surface area (Å²) in [7, 11) is 0. The summed E-state index contributed by atoms with van der Waals surface area (Å²) in [6, 6.07) is -1.00. The van der Waals surface area contributed by atoms with E-state index in [2.05, 4.69) is 71.0 Å². The summed E-state index contributed by atoms with van der Waals surface area (Å²) in [5.41, 5.74) is 102. The Bertz CT molecular complexity index is 3130. The quantitative estimate of drug-likeness (QED) is 0.0236. The Balaban J connectivity index is 0. The van der Waals surface area contributed by atoms with Gasteiger partial charge in [0.1, 0.15) is 40.5 Å². The van der Waals surface area contributed by atoms with Gasteiger partial charge in [0, 0.05) is 158 Å². The van der Waals surface area contributed by atoms with Crippen LogP contribution in [0.5, 0.6) is 0 Å². The van der Waals surface area contributed by atoms with E-state index in [4.69, 9.17) is 103 Å². The first-order valence-electron chi connectivity index (χ1n) is 41.8. The summed E-state index contributed by atoms with van der Waals surface area (Å²) in [5, 5.41) is 2.87. The van der Waals surface area contributed by atoms with Crippen molar-refractivity contribution in [3.8, 4) is 0 Å². The third kappa shape index (κ3) is 59.9. The van der Waals surface area contributed by atoms with Crippen LogP contribution in [0.1, 0.15) is 266 Å². The zero-order chi connectivity index (χ0) is 87.9. The van der Waals surface area contributed by atoms with Gasteiger partial charge in [0.05, 0.1) is 6.04 Å². The molecule has 0 aromatic heterocycles. The van der Waals surface area contributed by atoms with Gasteiger partial charge in [-0.05, 0) is 140 Å². The Labute approximate surface area is 689 Å². The van der Waals surface area contributed by atoms with Crippen molar-refractivity contribution in [2.75, 3.05) is 58.9 Å². The maximum atomic E-state index is 15.2. The zero-order valence-electron chi connectivity index (χ0n) is 71.1. The number of unbranched alkanes of at least 4 members (excludes halogenated alkanes) is 5. The van der Waals surface area contributed by atoms with Crippen molar-refractivity contribution in [2.24, 2.45) is 207 Å². The molecule has 0 aromatic carbocycles. The van der Waals surface area contributed by atoms with Crippen LogP contribution < -0.4 is 109 Å². The highest BCUT2D eigenvalue weighted by Crippen LogP contribution is 2.33. The summed E-state index contributed by atoms with van der Waals surface area (Å²) in [6.45, 7) is 14.1. The van der Waals surface area contributed by atoms with Crippen LogP contribution in [-0.2, 0) is 43.2 Å². The number of rotatable bonds is 71. The molecule has 0 bridgehead atoms. The summed E-state index contributed by atoms with van der Waals surface area (Å²) in [4.78, 5) is 170. The van der Waals surface area contributed by atoms with Gasteiger partial charge in [0.25, 0.3) is 0 Å². The van der Waals surface area contributed by atoms with Gasteiger partial charge in [-0.15, -0.1) is 0 Å². The first-order chi connectivity index (χ1) is 54.8. The van der Waals surface area contributed by atoms with Crippen molar-refractivity contribution < 1.29 is 43.2 Å². The second-order valence-electron chi connectivity index (χ2n) is 31.1. The highest BCUT2D eigenvalue weighted by atomic mass is 16.2. The van der Waals surface area contributed by atoms with Crippen LogP contribution in [0.4, 0.5) is 0 Å². The van der Waals surface area contributed by atoms with Crippen molar-refractivity contribution >= 4 is 106 Å². The second-order valence-corrected chi connectivity index (χ2v) is 31.1. The molecule has 0 saturated heterocycles. The number of nitrogens with zero attached hydrogens (tertiary/aromatic N) is 9. The highest BCUT2D eigenvalue weighted by molar-refractivity contribution is 5.98. The first-order valence-corrected chi connectivity index (χ1v) is 41.8. The largest absolute Gasteiger partial charge is 0.370 e. The zero-order valence-corrected chi connectivity index (χ0v) is 71.1. The average molecular weight is 1640 g/mol. The molecule has 9 atom stereocenters. The molecule has 664 valence electrons. The van der Waals surface area contributed by atoms with Gasteiger partial charge in [0.2, 0.25) is 5.91 Å². The summed E-state index contributed by atoms with van der Waals surface area (Å²) in [6.07, 6.45) is 11.0. The lowest BCUT2D eigenvalue weighted by Gasteiger charge is -2.25. The van der Waals surface area contributed by atoms with E-state index >= 15 is 19.2 Å². The molecule has 0 aliphatic heterocycles. The number of aliphatic imine (C=N–C) groups is 9. The Hall–Kier alpha value is -9.74. The fourth-order valence-electron chi connectivity index (χ4n) is 13.6. The SMILES string of the molecule is CCCCCC(C)C.CCCCCCC(=O)N[C@@H](CCCN=C(N)N)C(=O)C[C@H](CCCN=C(N)N)C(=O)C[C@H](CCCN=C(N)N)C(=O)C[C@H](CCCN=C(N)N)C(=O)C[C@H](CCCN=C(N)N)C(=O)C[C@H](CCCN=C(N)N)C(=O)C[C@H](CCCN=C(N)N)C(=O)C[C@H](CCCN=C(N)N)C(=O)C[C@@H](CCCN=C(N)N)C(C)C. The van der Waals surface area contributed by atoms with E-state index in [1.54, 1.807) is 0 Å². The molecule has 0 fully saturated rings. The van der Waals surface area contributed by atoms with E-state index in [1.807, 2.05) is 20.8 Å². The van der Waals surface area contributed by atoms with Crippen LogP contribution >= 0.6 is 0 Å². The number of ketones is 8. The van der Waals surface area contributed by atoms with Crippen LogP contribution in [0.3, 0.4) is 0 Å². The lowest BCUT2D eigenvalue weighted by Crippen LogP contribution is -2.42. The molecule has 0 aliphatic carbocycles. The number of guanidine groups is 9. The van der Waals surface area contributed by atoms with Crippen molar-refractivity contribution in [3.63, 3.8) is 0 Å². The van der Waals surface area contributed by atoms with Gasteiger partial charge in [0.15, 0.2) is 59.4 Å². The summed E-state index contributed by atoms with van der Waals surface area (Å²) in [5.74, 6) is -11.2. The number of nitrogens with two attached hydrogens (primary N) is 18. The summed E-state index contributed by atoms with van der Waals surface area (Å²) < 4.78 is 0. The lowest BCUT2D eigenvalue weighted by atomic mass is 9.77. The summed E-state index contributed by atoms with van der Waals surface area (Å²) >= 11 is 0. The molecule has 116 heavy (non-hydrogen) atoms. The molecule has 0 heterocycles. The molecule has 0 spiro atoms. The minimum Gasteiger partial charge on any atom is -0.370 e. The molecule has 0 saturated carbocycles. The Morgan fingerprint density at radius 1 is 0.241 bits per heavy atom. The number of hydrogen-bond donors (Lipinski definition) is 19. The molecular formula is C79H154N28O9. The normalized spacial score (nSPS) is 13.3. The molecule has 0 unspecified atom stereocenters. The van der Waals surface area contributed by atoms with E-state index in [1.165, 1.54) is 25.7 Å². The third-order valence-corrected chi connectivity index (χ3v) is 20.1. The molecule has 37 heteroatoms. The van der Waals surface area contributed by atoms with Gasteiger partial charge in [-0.3, -0.25) is 88.1 Å². The molecule has 0 aromatic rings. The lowest BCUT2D eigenvalue weighted by molar-refractivity contribution is -0.136. The van der Waals surface area contributed by atoms with Gasteiger partial charge in [-0.2, -0.15) is 0 Å². The minimum atomic E-state index is -1.07. The highest BCUT2D eigenvalue weighted by Gasteiger charge is 2.37. The van der Waals surface area contributed by atoms with Crippen LogP contribution in [0.2, 0.25) is 0 Å². The minimum absolute atomic E-state index is 0.0426. The van der Waals surface area contributed by atoms with E-state index in [0.29, 0.717) is 38.6 Å². The van der Waals surface area contributed by atoms with E-state index < -0.39 is 101 Å². The fraction of sp³-hybridized carbons (Fsp3) is 0.772. The van der Waals surface area contributed by atoms with E-state index in [9.17, 15) is 24.0 Å².